The highest BCUT2D eigenvalue weighted by Crippen LogP contribution is 2.31. The Morgan fingerprint density at radius 2 is 2.04 bits per heavy atom. The van der Waals surface area contributed by atoms with Crippen LogP contribution in [-0.2, 0) is 6.54 Å². The first-order valence-electron chi connectivity index (χ1n) is 7.92. The zero-order chi connectivity index (χ0) is 16.4. The van der Waals surface area contributed by atoms with E-state index in [0.717, 1.165) is 29.0 Å². The Morgan fingerprint density at radius 3 is 2.74 bits per heavy atom. The Kier molecular flexibility index (Phi) is 5.47. The number of halogens is 2. The molecule has 23 heavy (non-hydrogen) atoms. The first-order chi connectivity index (χ1) is 11.0. The highest BCUT2D eigenvalue weighted by molar-refractivity contribution is 7.15. The van der Waals surface area contributed by atoms with Gasteiger partial charge in [0.15, 0.2) is 5.13 Å². The number of aryl methyl sites for hydroxylation is 1. The Morgan fingerprint density at radius 1 is 1.30 bits per heavy atom. The van der Waals surface area contributed by atoms with E-state index < -0.39 is 0 Å². The summed E-state index contributed by atoms with van der Waals surface area (Å²) in [6.45, 7) is 7.75. The van der Waals surface area contributed by atoms with E-state index in [-0.39, 0.29) is 0 Å². The molecule has 0 unspecified atom stereocenters. The predicted molar refractivity (Wildman–Crippen MR) is 100 cm³/mol. The fourth-order valence-electron chi connectivity index (χ4n) is 2.77. The van der Waals surface area contributed by atoms with Crippen molar-refractivity contribution < 1.29 is 0 Å². The maximum Gasteiger partial charge on any atom is 0.187 e. The number of likely N-dealkylation sites (tertiary alicyclic amines) is 1. The molecular formula is C17H21Cl2N3S. The normalized spacial score (nSPS) is 16.7. The Labute approximate surface area is 151 Å². The number of thiazole rings is 1. The van der Waals surface area contributed by atoms with Gasteiger partial charge in [-0.25, -0.2) is 4.98 Å². The van der Waals surface area contributed by atoms with E-state index in [0.29, 0.717) is 10.0 Å². The molecule has 0 radical (unpaired) electrons. The minimum absolute atomic E-state index is 0.608. The van der Waals surface area contributed by atoms with Crippen molar-refractivity contribution >= 4 is 45.4 Å². The average Bonchev–Trinajstić information content (AvgIpc) is 2.84. The molecule has 1 fully saturated rings. The molecule has 0 saturated carbocycles. The van der Waals surface area contributed by atoms with E-state index in [2.05, 4.69) is 24.1 Å². The van der Waals surface area contributed by atoms with E-state index in [4.69, 9.17) is 28.2 Å². The highest BCUT2D eigenvalue weighted by Gasteiger charge is 2.18. The number of anilines is 2. The van der Waals surface area contributed by atoms with Crippen molar-refractivity contribution in [1.29, 1.82) is 0 Å². The lowest BCUT2D eigenvalue weighted by molar-refractivity contribution is 0.183. The van der Waals surface area contributed by atoms with Crippen molar-refractivity contribution in [3.63, 3.8) is 0 Å². The second-order valence-corrected chi connectivity index (χ2v) is 8.28. The minimum Gasteiger partial charge on any atom is -0.330 e. The van der Waals surface area contributed by atoms with Crippen LogP contribution in [0, 0.1) is 12.8 Å². The third-order valence-corrected chi connectivity index (χ3v) is 5.79. The van der Waals surface area contributed by atoms with Crippen molar-refractivity contribution in [3.05, 3.63) is 38.8 Å². The fraction of sp³-hybridized carbons (Fsp3) is 0.471. The second kappa shape index (κ2) is 7.39. The molecule has 1 aromatic carbocycles. The van der Waals surface area contributed by atoms with Gasteiger partial charge in [-0.3, -0.25) is 4.90 Å². The SMILES string of the molecule is Cc1sc(Nc2ccc(Cl)cc2Cl)nc1CN1CCC(C)CC1. The molecule has 0 atom stereocenters. The van der Waals surface area contributed by atoms with Crippen molar-refractivity contribution in [2.45, 2.75) is 33.2 Å². The van der Waals surface area contributed by atoms with Gasteiger partial charge in [0.05, 0.1) is 16.4 Å². The average molecular weight is 370 g/mol. The van der Waals surface area contributed by atoms with Crippen LogP contribution in [0.1, 0.15) is 30.3 Å². The third-order valence-electron chi connectivity index (χ3n) is 4.32. The number of nitrogens with zero attached hydrogens (tertiary/aromatic N) is 2. The maximum atomic E-state index is 6.22. The monoisotopic (exact) mass is 369 g/mol. The Bertz CT molecular complexity index is 678. The van der Waals surface area contributed by atoms with Gasteiger partial charge in [0.25, 0.3) is 0 Å². The zero-order valence-corrected chi connectivity index (χ0v) is 15.7. The van der Waals surface area contributed by atoms with Crippen LogP contribution in [0.4, 0.5) is 10.8 Å². The minimum atomic E-state index is 0.608. The number of hydrogen-bond donors (Lipinski definition) is 1. The summed E-state index contributed by atoms with van der Waals surface area (Å²) in [6.07, 6.45) is 2.57. The van der Waals surface area contributed by atoms with Gasteiger partial charge >= 0.3 is 0 Å². The lowest BCUT2D eigenvalue weighted by atomic mass is 9.99. The summed E-state index contributed by atoms with van der Waals surface area (Å²) in [5.41, 5.74) is 2.00. The Balaban J connectivity index is 1.68. The van der Waals surface area contributed by atoms with Crippen molar-refractivity contribution in [1.82, 2.24) is 9.88 Å². The van der Waals surface area contributed by atoms with E-state index in [1.165, 1.54) is 30.8 Å². The van der Waals surface area contributed by atoms with Crippen LogP contribution in [0.25, 0.3) is 0 Å². The summed E-state index contributed by atoms with van der Waals surface area (Å²) < 4.78 is 0. The van der Waals surface area contributed by atoms with Gasteiger partial charge in [-0.2, -0.15) is 0 Å². The van der Waals surface area contributed by atoms with E-state index in [9.17, 15) is 0 Å². The number of benzene rings is 1. The van der Waals surface area contributed by atoms with Crippen molar-refractivity contribution in [2.24, 2.45) is 5.92 Å². The molecule has 0 spiro atoms. The van der Waals surface area contributed by atoms with E-state index in [1.54, 1.807) is 17.4 Å². The second-order valence-electron chi connectivity index (χ2n) is 6.23. The lowest BCUT2D eigenvalue weighted by Crippen LogP contribution is -2.32. The van der Waals surface area contributed by atoms with E-state index in [1.807, 2.05) is 12.1 Å². The van der Waals surface area contributed by atoms with Crippen molar-refractivity contribution in [3.8, 4) is 0 Å². The van der Waals surface area contributed by atoms with Crippen LogP contribution >= 0.6 is 34.5 Å². The highest BCUT2D eigenvalue weighted by atomic mass is 35.5. The number of rotatable bonds is 4. The predicted octanol–water partition coefficient (Wildman–Crippen LogP) is 5.73. The number of nitrogens with one attached hydrogen (secondary N) is 1. The molecule has 3 rings (SSSR count). The molecule has 0 aliphatic carbocycles. The topological polar surface area (TPSA) is 28.2 Å². The van der Waals surface area contributed by atoms with Crippen LogP contribution in [0.5, 0.6) is 0 Å². The molecule has 6 heteroatoms. The number of aromatic nitrogens is 1. The van der Waals surface area contributed by atoms with Gasteiger partial charge in [-0.1, -0.05) is 30.1 Å². The molecule has 0 amide bonds. The van der Waals surface area contributed by atoms with Gasteiger partial charge in [0.1, 0.15) is 0 Å². The summed E-state index contributed by atoms with van der Waals surface area (Å²) in [5.74, 6) is 0.854. The molecule has 124 valence electrons. The first kappa shape index (κ1) is 17.0. The number of piperidine rings is 1. The summed E-state index contributed by atoms with van der Waals surface area (Å²) >= 11 is 13.8. The molecule has 3 nitrogen and oxygen atoms in total. The quantitative estimate of drug-likeness (QED) is 0.745. The van der Waals surface area contributed by atoms with Gasteiger partial charge in [0, 0.05) is 16.4 Å². The summed E-state index contributed by atoms with van der Waals surface area (Å²) in [4.78, 5) is 8.52. The Hall–Kier alpha value is -0.810. The molecule has 1 N–H and O–H groups in total. The van der Waals surface area contributed by atoms with Gasteiger partial charge in [-0.15, -0.1) is 11.3 Å². The molecule has 2 aromatic rings. The van der Waals surface area contributed by atoms with Gasteiger partial charge in [0.2, 0.25) is 0 Å². The molecular weight excluding hydrogens is 349 g/mol. The van der Waals surface area contributed by atoms with Crippen LogP contribution < -0.4 is 5.32 Å². The smallest absolute Gasteiger partial charge is 0.187 e. The molecule has 0 bridgehead atoms. The number of hydrogen-bond acceptors (Lipinski definition) is 4. The standard InChI is InChI=1S/C17H21Cl2N3S/c1-11-5-7-22(8-6-11)10-16-12(2)23-17(21-16)20-15-4-3-13(18)9-14(15)19/h3-4,9,11H,5-8,10H2,1-2H3,(H,20,21). The zero-order valence-electron chi connectivity index (χ0n) is 13.4. The molecule has 2 heterocycles. The van der Waals surface area contributed by atoms with Crippen LogP contribution in [-0.4, -0.2) is 23.0 Å². The lowest BCUT2D eigenvalue weighted by Gasteiger charge is -2.29. The van der Waals surface area contributed by atoms with Crippen LogP contribution in [0.3, 0.4) is 0 Å². The third kappa shape index (κ3) is 4.38. The molecule has 1 aromatic heterocycles. The van der Waals surface area contributed by atoms with Crippen molar-refractivity contribution in [2.75, 3.05) is 18.4 Å². The molecule has 1 saturated heterocycles. The van der Waals surface area contributed by atoms with Gasteiger partial charge in [-0.05, 0) is 57.0 Å². The first-order valence-corrected chi connectivity index (χ1v) is 9.49. The molecule has 1 aliphatic rings. The fourth-order valence-corrected chi connectivity index (χ4v) is 4.06. The van der Waals surface area contributed by atoms with Gasteiger partial charge < -0.3 is 5.32 Å². The largest absolute Gasteiger partial charge is 0.330 e. The van der Waals surface area contributed by atoms with Crippen LogP contribution in [0.15, 0.2) is 18.2 Å². The summed E-state index contributed by atoms with van der Waals surface area (Å²) in [7, 11) is 0. The van der Waals surface area contributed by atoms with E-state index >= 15 is 0 Å². The maximum absolute atomic E-state index is 6.22. The van der Waals surface area contributed by atoms with Crippen LogP contribution in [0.2, 0.25) is 10.0 Å². The molecule has 1 aliphatic heterocycles. The summed E-state index contributed by atoms with van der Waals surface area (Å²) in [5, 5.41) is 5.43. The summed E-state index contributed by atoms with van der Waals surface area (Å²) in [6, 6.07) is 5.45.